The summed E-state index contributed by atoms with van der Waals surface area (Å²) in [5, 5.41) is 3.21. The Morgan fingerprint density at radius 3 is 2.54 bits per heavy atom. The van der Waals surface area contributed by atoms with Crippen LogP contribution in [0.1, 0.15) is 13.8 Å². The first-order valence-corrected chi connectivity index (χ1v) is 4.67. The molecule has 13 heavy (non-hydrogen) atoms. The summed E-state index contributed by atoms with van der Waals surface area (Å²) >= 11 is 0. The first-order valence-electron chi connectivity index (χ1n) is 4.67. The van der Waals surface area contributed by atoms with E-state index >= 15 is 0 Å². The van der Waals surface area contributed by atoms with Gasteiger partial charge in [-0.3, -0.25) is 5.32 Å². The fourth-order valence-corrected chi connectivity index (χ4v) is 0.999. The van der Waals surface area contributed by atoms with E-state index in [1.54, 1.807) is 0 Å². The molecular formula is C11H17NO. The van der Waals surface area contributed by atoms with Gasteiger partial charge in [0, 0.05) is 6.54 Å². The minimum absolute atomic E-state index is 0.586. The van der Waals surface area contributed by atoms with Gasteiger partial charge in [-0.05, 0) is 18.1 Å². The number of hydrogen-bond donors (Lipinski definition) is 1. The zero-order valence-corrected chi connectivity index (χ0v) is 8.29. The van der Waals surface area contributed by atoms with Crippen LogP contribution < -0.4 is 10.1 Å². The van der Waals surface area contributed by atoms with E-state index in [2.05, 4.69) is 19.2 Å². The Bertz CT molecular complexity index is 221. The smallest absolute Gasteiger partial charge is 0.139 e. The molecule has 1 aromatic rings. The van der Waals surface area contributed by atoms with Crippen molar-refractivity contribution in [2.45, 2.75) is 13.8 Å². The fourth-order valence-electron chi connectivity index (χ4n) is 0.999. The van der Waals surface area contributed by atoms with Crippen molar-refractivity contribution >= 4 is 0 Å². The maximum absolute atomic E-state index is 5.45. The van der Waals surface area contributed by atoms with E-state index in [4.69, 9.17) is 4.74 Å². The molecule has 0 atom stereocenters. The molecule has 72 valence electrons. The second-order valence-corrected chi connectivity index (χ2v) is 3.45. The van der Waals surface area contributed by atoms with Crippen molar-refractivity contribution in [3.8, 4) is 5.75 Å². The van der Waals surface area contributed by atoms with Crippen molar-refractivity contribution in [1.82, 2.24) is 5.32 Å². The minimum atomic E-state index is 0.586. The Labute approximate surface area is 79.9 Å². The van der Waals surface area contributed by atoms with Crippen LogP contribution in [0.25, 0.3) is 0 Å². The van der Waals surface area contributed by atoms with Crippen LogP contribution >= 0.6 is 0 Å². The zero-order valence-electron chi connectivity index (χ0n) is 8.29. The molecule has 0 aliphatic heterocycles. The predicted octanol–water partition coefficient (Wildman–Crippen LogP) is 2.27. The molecule has 0 aliphatic carbocycles. The van der Waals surface area contributed by atoms with E-state index in [0.29, 0.717) is 12.6 Å². The van der Waals surface area contributed by atoms with Gasteiger partial charge in [0.2, 0.25) is 0 Å². The highest BCUT2D eigenvalue weighted by molar-refractivity contribution is 5.20. The topological polar surface area (TPSA) is 21.3 Å². The maximum Gasteiger partial charge on any atom is 0.139 e. The summed E-state index contributed by atoms with van der Waals surface area (Å²) in [6.45, 7) is 5.93. The molecule has 0 amide bonds. The van der Waals surface area contributed by atoms with Gasteiger partial charge in [-0.25, -0.2) is 0 Å². The molecule has 0 saturated heterocycles. The molecule has 0 aliphatic rings. The number of hydrogen-bond acceptors (Lipinski definition) is 2. The van der Waals surface area contributed by atoms with Crippen LogP contribution in [0.3, 0.4) is 0 Å². The maximum atomic E-state index is 5.45. The van der Waals surface area contributed by atoms with Gasteiger partial charge in [0.05, 0.1) is 0 Å². The molecule has 0 aromatic heterocycles. The lowest BCUT2D eigenvalue weighted by molar-refractivity contribution is 0.276. The fraction of sp³-hybridized carbons (Fsp3) is 0.455. The molecule has 0 heterocycles. The van der Waals surface area contributed by atoms with E-state index in [1.165, 1.54) is 0 Å². The standard InChI is InChI=1S/C11H17NO/c1-10(2)8-12-9-13-11-6-4-3-5-7-11/h3-7,10,12H,8-9H2,1-2H3. The van der Waals surface area contributed by atoms with Gasteiger partial charge in [0.15, 0.2) is 0 Å². The van der Waals surface area contributed by atoms with Gasteiger partial charge in [-0.2, -0.15) is 0 Å². The second kappa shape index (κ2) is 5.60. The molecule has 1 aromatic carbocycles. The summed E-state index contributed by atoms with van der Waals surface area (Å²) in [5.74, 6) is 1.58. The summed E-state index contributed by atoms with van der Waals surface area (Å²) in [5.41, 5.74) is 0. The quantitative estimate of drug-likeness (QED) is 0.553. The molecule has 0 bridgehead atoms. The van der Waals surface area contributed by atoms with Gasteiger partial charge < -0.3 is 4.74 Å². The first-order chi connectivity index (χ1) is 6.29. The van der Waals surface area contributed by atoms with Crippen LogP contribution in [-0.2, 0) is 0 Å². The Balaban J connectivity index is 2.13. The largest absolute Gasteiger partial charge is 0.478 e. The molecular weight excluding hydrogens is 162 g/mol. The normalized spacial score (nSPS) is 10.4. The van der Waals surface area contributed by atoms with E-state index < -0.39 is 0 Å². The lowest BCUT2D eigenvalue weighted by Crippen LogP contribution is -2.24. The lowest BCUT2D eigenvalue weighted by atomic mass is 10.2. The number of nitrogens with one attached hydrogen (secondary N) is 1. The average molecular weight is 179 g/mol. The molecule has 1 N–H and O–H groups in total. The molecule has 0 spiro atoms. The third-order valence-electron chi connectivity index (χ3n) is 1.64. The average Bonchev–Trinajstić information content (AvgIpc) is 2.14. The van der Waals surface area contributed by atoms with Crippen LogP contribution in [0.4, 0.5) is 0 Å². The number of ether oxygens (including phenoxy) is 1. The Hall–Kier alpha value is -1.02. The van der Waals surface area contributed by atoms with Crippen LogP contribution in [-0.4, -0.2) is 13.3 Å². The summed E-state index contributed by atoms with van der Waals surface area (Å²) in [7, 11) is 0. The molecule has 0 fully saturated rings. The highest BCUT2D eigenvalue weighted by atomic mass is 16.5. The van der Waals surface area contributed by atoms with Gasteiger partial charge in [0.25, 0.3) is 0 Å². The molecule has 0 saturated carbocycles. The molecule has 2 nitrogen and oxygen atoms in total. The predicted molar refractivity (Wildman–Crippen MR) is 54.8 cm³/mol. The first kappa shape index (κ1) is 10.1. The third-order valence-corrected chi connectivity index (χ3v) is 1.64. The number of benzene rings is 1. The molecule has 0 unspecified atom stereocenters. The van der Waals surface area contributed by atoms with Crippen LogP contribution in [0.15, 0.2) is 30.3 Å². The van der Waals surface area contributed by atoms with E-state index in [-0.39, 0.29) is 0 Å². The van der Waals surface area contributed by atoms with Gasteiger partial charge in [-0.1, -0.05) is 32.0 Å². The second-order valence-electron chi connectivity index (χ2n) is 3.45. The van der Waals surface area contributed by atoms with Crippen molar-refractivity contribution in [2.75, 3.05) is 13.3 Å². The SMILES string of the molecule is CC(C)CNCOc1ccccc1. The van der Waals surface area contributed by atoms with Crippen molar-refractivity contribution in [1.29, 1.82) is 0 Å². The van der Waals surface area contributed by atoms with Crippen molar-refractivity contribution in [2.24, 2.45) is 5.92 Å². The third kappa shape index (κ3) is 4.53. The number of rotatable bonds is 5. The highest BCUT2D eigenvalue weighted by Gasteiger charge is 1.93. The highest BCUT2D eigenvalue weighted by Crippen LogP contribution is 2.06. The van der Waals surface area contributed by atoms with Crippen molar-refractivity contribution in [3.63, 3.8) is 0 Å². The molecule has 0 radical (unpaired) electrons. The zero-order chi connectivity index (χ0) is 9.52. The Morgan fingerprint density at radius 2 is 1.92 bits per heavy atom. The van der Waals surface area contributed by atoms with Crippen LogP contribution in [0, 0.1) is 5.92 Å². The summed E-state index contributed by atoms with van der Waals surface area (Å²) < 4.78 is 5.45. The summed E-state index contributed by atoms with van der Waals surface area (Å²) in [4.78, 5) is 0. The van der Waals surface area contributed by atoms with E-state index in [1.807, 2.05) is 30.3 Å². The van der Waals surface area contributed by atoms with Gasteiger partial charge >= 0.3 is 0 Å². The minimum Gasteiger partial charge on any atom is -0.478 e. The monoisotopic (exact) mass is 179 g/mol. The van der Waals surface area contributed by atoms with Crippen LogP contribution in [0.2, 0.25) is 0 Å². The molecule has 2 heteroatoms. The Kier molecular flexibility index (Phi) is 4.33. The van der Waals surface area contributed by atoms with E-state index in [9.17, 15) is 0 Å². The van der Waals surface area contributed by atoms with Gasteiger partial charge in [-0.15, -0.1) is 0 Å². The van der Waals surface area contributed by atoms with E-state index in [0.717, 1.165) is 12.3 Å². The summed E-state index contributed by atoms with van der Waals surface area (Å²) in [6, 6.07) is 9.83. The van der Waals surface area contributed by atoms with Crippen LogP contribution in [0.5, 0.6) is 5.75 Å². The van der Waals surface area contributed by atoms with Crippen molar-refractivity contribution in [3.05, 3.63) is 30.3 Å². The van der Waals surface area contributed by atoms with Crippen molar-refractivity contribution < 1.29 is 4.74 Å². The van der Waals surface area contributed by atoms with Gasteiger partial charge in [0.1, 0.15) is 12.5 Å². The lowest BCUT2D eigenvalue weighted by Gasteiger charge is -2.08. The summed E-state index contributed by atoms with van der Waals surface area (Å²) in [6.07, 6.45) is 0. The number of para-hydroxylation sites is 1. The molecule has 1 rings (SSSR count). The Morgan fingerprint density at radius 1 is 1.23 bits per heavy atom.